The lowest BCUT2D eigenvalue weighted by Crippen LogP contribution is -2.26. The van der Waals surface area contributed by atoms with Gasteiger partial charge < -0.3 is 5.11 Å². The Morgan fingerprint density at radius 3 is 3.38 bits per heavy atom. The average Bonchev–Trinajstić information content (AvgIpc) is 2.53. The molecule has 1 atom stereocenters. The summed E-state index contributed by atoms with van der Waals surface area (Å²) >= 11 is 3.40. The van der Waals surface area contributed by atoms with Crippen molar-refractivity contribution in [1.82, 2.24) is 4.31 Å². The molecule has 0 fully saturated rings. The molecular formula is C9H11NOS2. The molecule has 0 aliphatic carbocycles. The number of β-amino-alcohol motifs (C(OH)–C–C–N with tert-alkyl or cyclic N) is 1. The third-order valence-corrected chi connectivity index (χ3v) is 4.13. The third-order valence-electron chi connectivity index (χ3n) is 1.94. The molecule has 0 spiro atoms. The second-order valence-corrected chi connectivity index (χ2v) is 5.19. The van der Waals surface area contributed by atoms with Gasteiger partial charge in [0.15, 0.2) is 0 Å². The van der Waals surface area contributed by atoms with Gasteiger partial charge in [0.1, 0.15) is 0 Å². The fraction of sp³-hybridized carbons (Fsp3) is 0.333. The smallest absolute Gasteiger partial charge is 0.0946 e. The van der Waals surface area contributed by atoms with Crippen molar-refractivity contribution in [3.63, 3.8) is 0 Å². The van der Waals surface area contributed by atoms with Crippen molar-refractivity contribution >= 4 is 23.3 Å². The van der Waals surface area contributed by atoms with Gasteiger partial charge in [0.25, 0.3) is 0 Å². The quantitative estimate of drug-likeness (QED) is 0.602. The Bertz CT molecular complexity index is 310. The highest BCUT2D eigenvalue weighted by atomic mass is 32.2. The zero-order chi connectivity index (χ0) is 9.26. The van der Waals surface area contributed by atoms with Crippen LogP contribution in [0.25, 0.3) is 0 Å². The summed E-state index contributed by atoms with van der Waals surface area (Å²) in [5, 5.41) is 11.8. The Morgan fingerprint density at radius 2 is 2.62 bits per heavy atom. The molecule has 1 aliphatic heterocycles. The number of nitrogens with zero attached hydrogens (tertiary/aromatic N) is 1. The topological polar surface area (TPSA) is 23.5 Å². The van der Waals surface area contributed by atoms with Gasteiger partial charge in [-0.2, -0.15) is 0 Å². The largest absolute Gasteiger partial charge is 0.387 e. The van der Waals surface area contributed by atoms with Crippen molar-refractivity contribution in [2.45, 2.75) is 10.3 Å². The maximum atomic E-state index is 9.76. The molecule has 1 aliphatic rings. The maximum absolute atomic E-state index is 9.76. The summed E-state index contributed by atoms with van der Waals surface area (Å²) in [5.41, 5.74) is 1.08. The van der Waals surface area contributed by atoms with E-state index in [1.807, 2.05) is 17.5 Å². The zero-order valence-electron chi connectivity index (χ0n) is 7.14. The number of hydrogen-bond donors (Lipinski definition) is 1. The van der Waals surface area contributed by atoms with Crippen molar-refractivity contribution in [3.8, 4) is 0 Å². The van der Waals surface area contributed by atoms with Crippen molar-refractivity contribution in [2.24, 2.45) is 0 Å². The Labute approximate surface area is 86.0 Å². The molecule has 0 bridgehead atoms. The van der Waals surface area contributed by atoms with Gasteiger partial charge in [0.05, 0.1) is 10.3 Å². The highest BCUT2D eigenvalue weighted by Crippen LogP contribution is 2.40. The fourth-order valence-corrected chi connectivity index (χ4v) is 3.60. The number of aliphatic hydroxyl groups is 1. The molecule has 2 heterocycles. The predicted molar refractivity (Wildman–Crippen MR) is 56.9 cm³/mol. The SMILES string of the molecule is C=CCN1CC(O)c2ccsc2S1. The molecule has 70 valence electrons. The lowest BCUT2D eigenvalue weighted by Gasteiger charge is -2.27. The molecule has 0 saturated carbocycles. The first-order valence-corrected chi connectivity index (χ1v) is 5.76. The number of aliphatic hydroxyl groups excluding tert-OH is 1. The summed E-state index contributed by atoms with van der Waals surface area (Å²) in [4.78, 5) is 0. The van der Waals surface area contributed by atoms with Crippen LogP contribution in [0.4, 0.5) is 0 Å². The standard InChI is InChI=1S/C9H11NOS2/c1-2-4-10-6-8(11)7-3-5-12-9(7)13-10/h2-3,5,8,11H,1,4,6H2. The second-order valence-electron chi connectivity index (χ2n) is 2.91. The van der Waals surface area contributed by atoms with Crippen LogP contribution >= 0.6 is 23.3 Å². The van der Waals surface area contributed by atoms with Crippen molar-refractivity contribution < 1.29 is 5.11 Å². The second kappa shape index (κ2) is 3.84. The predicted octanol–water partition coefficient (Wildman–Crippen LogP) is 2.29. The Hall–Kier alpha value is -0.290. The van der Waals surface area contributed by atoms with E-state index in [0.29, 0.717) is 6.54 Å². The first-order chi connectivity index (χ1) is 6.31. The number of fused-ring (bicyclic) bond motifs is 1. The molecule has 2 rings (SSSR count). The van der Waals surface area contributed by atoms with Crippen molar-refractivity contribution in [3.05, 3.63) is 29.7 Å². The van der Waals surface area contributed by atoms with Gasteiger partial charge in [-0.15, -0.1) is 17.9 Å². The third kappa shape index (κ3) is 1.81. The molecule has 1 N–H and O–H groups in total. The van der Waals surface area contributed by atoms with Gasteiger partial charge in [-0.25, -0.2) is 4.31 Å². The van der Waals surface area contributed by atoms with Crippen LogP contribution in [-0.2, 0) is 0 Å². The molecule has 1 unspecified atom stereocenters. The molecule has 13 heavy (non-hydrogen) atoms. The van der Waals surface area contributed by atoms with Crippen molar-refractivity contribution in [2.75, 3.05) is 13.1 Å². The first-order valence-electron chi connectivity index (χ1n) is 4.10. The number of thiophene rings is 1. The summed E-state index contributed by atoms with van der Waals surface area (Å²) in [5.74, 6) is 0. The van der Waals surface area contributed by atoms with E-state index in [0.717, 1.165) is 12.1 Å². The van der Waals surface area contributed by atoms with E-state index in [-0.39, 0.29) is 6.10 Å². The lowest BCUT2D eigenvalue weighted by molar-refractivity contribution is 0.149. The minimum absolute atomic E-state index is 0.331. The minimum Gasteiger partial charge on any atom is -0.387 e. The Morgan fingerprint density at radius 1 is 1.77 bits per heavy atom. The van der Waals surface area contributed by atoms with E-state index >= 15 is 0 Å². The summed E-state index contributed by atoms with van der Waals surface area (Å²) in [6.07, 6.45) is 1.53. The van der Waals surface area contributed by atoms with Gasteiger partial charge in [0, 0.05) is 18.7 Å². The molecular weight excluding hydrogens is 202 g/mol. The molecule has 0 amide bonds. The van der Waals surface area contributed by atoms with E-state index in [1.165, 1.54) is 4.21 Å². The van der Waals surface area contributed by atoms with Gasteiger partial charge in [-0.3, -0.25) is 0 Å². The summed E-state index contributed by atoms with van der Waals surface area (Å²) in [6, 6.07) is 2.00. The summed E-state index contributed by atoms with van der Waals surface area (Å²) < 4.78 is 3.33. The van der Waals surface area contributed by atoms with Gasteiger partial charge in [-0.1, -0.05) is 6.08 Å². The fourth-order valence-electron chi connectivity index (χ4n) is 1.33. The Balaban J connectivity index is 2.18. The molecule has 0 radical (unpaired) electrons. The number of rotatable bonds is 2. The summed E-state index contributed by atoms with van der Waals surface area (Å²) in [7, 11) is 0. The zero-order valence-corrected chi connectivity index (χ0v) is 8.77. The van der Waals surface area contributed by atoms with Crippen LogP contribution in [0.5, 0.6) is 0 Å². The van der Waals surface area contributed by atoms with E-state index in [1.54, 1.807) is 23.3 Å². The highest BCUT2D eigenvalue weighted by Gasteiger charge is 2.24. The molecule has 0 saturated heterocycles. The molecule has 1 aromatic heterocycles. The first kappa shape index (κ1) is 9.27. The molecule has 2 nitrogen and oxygen atoms in total. The highest BCUT2D eigenvalue weighted by molar-refractivity contribution is 7.99. The van der Waals surface area contributed by atoms with Crippen molar-refractivity contribution in [1.29, 1.82) is 0 Å². The van der Waals surface area contributed by atoms with Gasteiger partial charge >= 0.3 is 0 Å². The van der Waals surface area contributed by atoms with Crippen LogP contribution < -0.4 is 0 Å². The molecule has 0 aromatic carbocycles. The van der Waals surface area contributed by atoms with Crippen LogP contribution in [0.3, 0.4) is 0 Å². The van der Waals surface area contributed by atoms with Crippen LogP contribution in [-0.4, -0.2) is 22.5 Å². The van der Waals surface area contributed by atoms with Crippen LogP contribution in [0.2, 0.25) is 0 Å². The van der Waals surface area contributed by atoms with Gasteiger partial charge in [-0.05, 0) is 23.4 Å². The summed E-state index contributed by atoms with van der Waals surface area (Å²) in [6.45, 7) is 5.20. The van der Waals surface area contributed by atoms with Gasteiger partial charge in [0.2, 0.25) is 0 Å². The van der Waals surface area contributed by atoms with E-state index in [4.69, 9.17) is 0 Å². The van der Waals surface area contributed by atoms with Crippen LogP contribution in [0.1, 0.15) is 11.7 Å². The molecule has 1 aromatic rings. The monoisotopic (exact) mass is 213 g/mol. The maximum Gasteiger partial charge on any atom is 0.0946 e. The van der Waals surface area contributed by atoms with E-state index in [2.05, 4.69) is 10.9 Å². The van der Waals surface area contributed by atoms with E-state index < -0.39 is 0 Å². The normalized spacial score (nSPS) is 22.7. The van der Waals surface area contributed by atoms with Crippen LogP contribution in [0.15, 0.2) is 28.3 Å². The van der Waals surface area contributed by atoms with Crippen LogP contribution in [0, 0.1) is 0 Å². The Kier molecular flexibility index (Phi) is 2.74. The average molecular weight is 213 g/mol. The molecule has 4 heteroatoms. The number of hydrogen-bond acceptors (Lipinski definition) is 4. The van der Waals surface area contributed by atoms with E-state index in [9.17, 15) is 5.11 Å². The lowest BCUT2D eigenvalue weighted by atomic mass is 10.2. The minimum atomic E-state index is -0.331.